The van der Waals surface area contributed by atoms with E-state index >= 15 is 0 Å². The summed E-state index contributed by atoms with van der Waals surface area (Å²) in [5, 5.41) is 4.35. The number of anilines is 1. The Morgan fingerprint density at radius 2 is 2.19 bits per heavy atom. The molecule has 0 aliphatic heterocycles. The highest BCUT2D eigenvalue weighted by Gasteiger charge is 2.07. The van der Waals surface area contributed by atoms with Crippen molar-refractivity contribution in [2.24, 2.45) is 0 Å². The molecule has 2 rings (SSSR count). The van der Waals surface area contributed by atoms with Crippen LogP contribution in [0.3, 0.4) is 0 Å². The maximum Gasteiger partial charge on any atom is 0.129 e. The average molecular weight is 262 g/mol. The van der Waals surface area contributed by atoms with Gasteiger partial charge in [-0.3, -0.25) is 4.68 Å². The molecule has 0 aliphatic carbocycles. The van der Waals surface area contributed by atoms with Gasteiger partial charge in [0.2, 0.25) is 0 Å². The van der Waals surface area contributed by atoms with Crippen molar-refractivity contribution in [1.82, 2.24) is 9.78 Å². The van der Waals surface area contributed by atoms with Gasteiger partial charge in [0, 0.05) is 16.8 Å². The molecule has 6 heteroatoms. The van der Waals surface area contributed by atoms with Crippen molar-refractivity contribution in [3.63, 3.8) is 0 Å². The van der Waals surface area contributed by atoms with E-state index in [4.69, 9.17) is 17.3 Å². The van der Waals surface area contributed by atoms with Crippen molar-refractivity contribution >= 4 is 29.7 Å². The van der Waals surface area contributed by atoms with E-state index in [2.05, 4.69) is 5.10 Å². The number of nitrogen functional groups attached to an aromatic ring is 1. The van der Waals surface area contributed by atoms with Crippen LogP contribution in [0.15, 0.2) is 30.6 Å². The maximum absolute atomic E-state index is 13.4. The van der Waals surface area contributed by atoms with E-state index in [1.54, 1.807) is 23.0 Å². The van der Waals surface area contributed by atoms with Crippen molar-refractivity contribution in [1.29, 1.82) is 0 Å². The number of nitrogens with two attached hydrogens (primary N) is 1. The third kappa shape index (κ3) is 2.65. The van der Waals surface area contributed by atoms with Gasteiger partial charge >= 0.3 is 0 Å². The number of hydrogen-bond acceptors (Lipinski definition) is 2. The van der Waals surface area contributed by atoms with E-state index in [1.807, 2.05) is 0 Å². The zero-order valence-electron chi connectivity index (χ0n) is 8.23. The van der Waals surface area contributed by atoms with E-state index < -0.39 is 0 Å². The number of nitrogens with zero attached hydrogens (tertiary/aromatic N) is 2. The molecule has 0 unspecified atom stereocenters. The third-order valence-corrected chi connectivity index (χ3v) is 2.39. The molecule has 0 atom stereocenters. The fraction of sp³-hybridized carbons (Fsp3) is 0.100. The standard InChI is InChI=1S/C10H9ClFN3.ClH/c11-9-2-1-3-10(12)8(9)6-15-5-7(13)4-14-15;/h1-5H,6,13H2;1H. The summed E-state index contributed by atoms with van der Waals surface area (Å²) in [4.78, 5) is 0. The van der Waals surface area contributed by atoms with Crippen molar-refractivity contribution < 1.29 is 4.39 Å². The molecule has 0 aliphatic rings. The molecule has 0 bridgehead atoms. The first-order valence-corrected chi connectivity index (χ1v) is 4.75. The summed E-state index contributed by atoms with van der Waals surface area (Å²) < 4.78 is 14.9. The van der Waals surface area contributed by atoms with Crippen molar-refractivity contribution in [2.75, 3.05) is 5.73 Å². The monoisotopic (exact) mass is 261 g/mol. The van der Waals surface area contributed by atoms with Crippen LogP contribution in [0.5, 0.6) is 0 Å². The quantitative estimate of drug-likeness (QED) is 0.904. The fourth-order valence-corrected chi connectivity index (χ4v) is 1.53. The lowest BCUT2D eigenvalue weighted by molar-refractivity contribution is 0.585. The Kier molecular flexibility index (Phi) is 4.15. The van der Waals surface area contributed by atoms with Crippen LogP contribution in [0.1, 0.15) is 5.56 Å². The summed E-state index contributed by atoms with van der Waals surface area (Å²) >= 11 is 5.87. The summed E-state index contributed by atoms with van der Waals surface area (Å²) in [6, 6.07) is 4.58. The minimum atomic E-state index is -0.337. The first kappa shape index (κ1) is 12.8. The predicted molar refractivity (Wildman–Crippen MR) is 64.4 cm³/mol. The van der Waals surface area contributed by atoms with Crippen LogP contribution in [-0.2, 0) is 6.54 Å². The summed E-state index contributed by atoms with van der Waals surface area (Å²) in [5.41, 5.74) is 6.46. The lowest BCUT2D eigenvalue weighted by Crippen LogP contribution is -2.03. The predicted octanol–water partition coefficient (Wildman–Crippen LogP) is 2.73. The molecule has 2 N–H and O–H groups in total. The molecule has 3 nitrogen and oxygen atoms in total. The fourth-order valence-electron chi connectivity index (χ4n) is 1.31. The molecular weight excluding hydrogens is 252 g/mol. The molecule has 0 saturated carbocycles. The summed E-state index contributed by atoms with van der Waals surface area (Å²) in [5.74, 6) is -0.337. The Morgan fingerprint density at radius 1 is 1.44 bits per heavy atom. The Labute approximate surface area is 103 Å². The molecule has 0 amide bonds. The molecule has 2 aromatic rings. The van der Waals surface area contributed by atoms with E-state index in [9.17, 15) is 4.39 Å². The van der Waals surface area contributed by atoms with Crippen molar-refractivity contribution in [2.45, 2.75) is 6.54 Å². The van der Waals surface area contributed by atoms with Gasteiger partial charge in [-0.05, 0) is 12.1 Å². The van der Waals surface area contributed by atoms with Gasteiger partial charge in [-0.2, -0.15) is 5.10 Å². The minimum Gasteiger partial charge on any atom is -0.396 e. The zero-order chi connectivity index (χ0) is 10.8. The summed E-state index contributed by atoms with van der Waals surface area (Å²) in [6.07, 6.45) is 3.14. The van der Waals surface area contributed by atoms with Gasteiger partial charge in [0.1, 0.15) is 5.82 Å². The lowest BCUT2D eigenvalue weighted by atomic mass is 10.2. The second-order valence-electron chi connectivity index (χ2n) is 3.17. The molecule has 1 heterocycles. The molecular formula is C10H10Cl2FN3. The van der Waals surface area contributed by atoms with Gasteiger partial charge < -0.3 is 5.73 Å². The molecule has 1 aromatic carbocycles. The van der Waals surface area contributed by atoms with Crippen LogP contribution in [0.25, 0.3) is 0 Å². The third-order valence-electron chi connectivity index (χ3n) is 2.04. The van der Waals surface area contributed by atoms with Crippen molar-refractivity contribution in [3.05, 3.63) is 47.0 Å². The average Bonchev–Trinajstić information content (AvgIpc) is 2.58. The molecule has 1 aromatic heterocycles. The van der Waals surface area contributed by atoms with E-state index in [-0.39, 0.29) is 24.8 Å². The Hall–Kier alpha value is -1.26. The normalized spacial score (nSPS) is 9.88. The zero-order valence-corrected chi connectivity index (χ0v) is 9.80. The summed E-state index contributed by atoms with van der Waals surface area (Å²) in [7, 11) is 0. The Balaban J connectivity index is 0.00000128. The van der Waals surface area contributed by atoms with Crippen LogP contribution in [0, 0.1) is 5.82 Å². The number of rotatable bonds is 2. The first-order chi connectivity index (χ1) is 7.16. The molecule has 16 heavy (non-hydrogen) atoms. The highest BCUT2D eigenvalue weighted by atomic mass is 35.5. The van der Waals surface area contributed by atoms with Crippen LogP contribution >= 0.6 is 24.0 Å². The largest absolute Gasteiger partial charge is 0.396 e. The second-order valence-corrected chi connectivity index (χ2v) is 3.58. The topological polar surface area (TPSA) is 43.8 Å². The molecule has 0 fully saturated rings. The first-order valence-electron chi connectivity index (χ1n) is 4.37. The highest BCUT2D eigenvalue weighted by molar-refractivity contribution is 6.31. The van der Waals surface area contributed by atoms with Gasteiger partial charge in [0.25, 0.3) is 0 Å². The van der Waals surface area contributed by atoms with E-state index in [0.29, 0.717) is 16.3 Å². The number of hydrogen-bond donors (Lipinski definition) is 1. The summed E-state index contributed by atoms with van der Waals surface area (Å²) in [6.45, 7) is 0.280. The van der Waals surface area contributed by atoms with Gasteiger partial charge in [0.05, 0.1) is 18.4 Å². The highest BCUT2D eigenvalue weighted by Crippen LogP contribution is 2.19. The van der Waals surface area contributed by atoms with Gasteiger partial charge in [0.15, 0.2) is 0 Å². The number of halogens is 3. The lowest BCUT2D eigenvalue weighted by Gasteiger charge is -2.05. The molecule has 0 saturated heterocycles. The molecule has 0 spiro atoms. The number of benzene rings is 1. The van der Waals surface area contributed by atoms with E-state index in [0.717, 1.165) is 0 Å². The minimum absolute atomic E-state index is 0. The van der Waals surface area contributed by atoms with Gasteiger partial charge in [-0.1, -0.05) is 17.7 Å². The Bertz CT molecular complexity index is 464. The second kappa shape index (κ2) is 5.18. The maximum atomic E-state index is 13.4. The molecule has 0 radical (unpaired) electrons. The van der Waals surface area contributed by atoms with Crippen LogP contribution in [0.2, 0.25) is 5.02 Å². The van der Waals surface area contributed by atoms with Gasteiger partial charge in [-0.25, -0.2) is 4.39 Å². The Morgan fingerprint density at radius 3 is 2.75 bits per heavy atom. The molecule has 86 valence electrons. The van der Waals surface area contributed by atoms with Crippen LogP contribution in [-0.4, -0.2) is 9.78 Å². The van der Waals surface area contributed by atoms with Crippen molar-refractivity contribution in [3.8, 4) is 0 Å². The smallest absolute Gasteiger partial charge is 0.129 e. The van der Waals surface area contributed by atoms with Gasteiger partial charge in [-0.15, -0.1) is 12.4 Å². The van der Waals surface area contributed by atoms with Crippen LogP contribution < -0.4 is 5.73 Å². The number of aromatic nitrogens is 2. The van der Waals surface area contributed by atoms with E-state index in [1.165, 1.54) is 12.3 Å². The SMILES string of the molecule is Cl.Nc1cnn(Cc2c(F)cccc2Cl)c1. The van der Waals surface area contributed by atoms with Crippen LogP contribution in [0.4, 0.5) is 10.1 Å².